The molecule has 0 saturated carbocycles. The summed E-state index contributed by atoms with van der Waals surface area (Å²) in [6, 6.07) is 17.5. The van der Waals surface area contributed by atoms with Crippen molar-refractivity contribution in [2.24, 2.45) is 0 Å². The maximum atomic E-state index is 10.7. The van der Waals surface area contributed by atoms with Crippen LogP contribution in [0, 0.1) is 6.92 Å². The van der Waals surface area contributed by atoms with Crippen molar-refractivity contribution in [2.75, 3.05) is 6.61 Å². The van der Waals surface area contributed by atoms with Crippen LogP contribution in [-0.2, 0) is 4.79 Å². The third-order valence-electron chi connectivity index (χ3n) is 3.45. The van der Waals surface area contributed by atoms with Crippen molar-refractivity contribution < 1.29 is 14.6 Å². The highest BCUT2D eigenvalue weighted by atomic mass is 79.9. The lowest BCUT2D eigenvalue weighted by Gasteiger charge is -2.08. The molecule has 1 N–H and O–H groups in total. The lowest BCUT2D eigenvalue weighted by Crippen LogP contribution is -2.09. The van der Waals surface area contributed by atoms with Crippen molar-refractivity contribution >= 4 is 21.9 Å². The predicted molar refractivity (Wildman–Crippen MR) is 94.6 cm³/mol. The fraction of sp³-hybridized carbons (Fsp3) is 0.111. The Balaban J connectivity index is 2.05. The molecule has 0 bridgehead atoms. The van der Waals surface area contributed by atoms with Crippen LogP contribution in [0.2, 0.25) is 0 Å². The molecule has 0 fully saturated rings. The molecule has 24 heavy (non-hydrogen) atoms. The normalized spacial score (nSPS) is 10.6. The molecule has 1 aromatic heterocycles. The van der Waals surface area contributed by atoms with E-state index >= 15 is 0 Å². The molecule has 3 aromatic rings. The molecule has 0 atom stereocenters. The molecule has 0 spiro atoms. The number of ether oxygens (including phenoxy) is 1. The smallest absolute Gasteiger partial charge is 0.341 e. The molecule has 0 radical (unpaired) electrons. The minimum absolute atomic E-state index is 0.274. The lowest BCUT2D eigenvalue weighted by molar-refractivity contribution is -0.139. The molecule has 0 saturated heterocycles. The summed E-state index contributed by atoms with van der Waals surface area (Å²) in [5, 5.41) is 13.2. The number of carboxylic acids is 1. The van der Waals surface area contributed by atoms with Crippen molar-refractivity contribution in [1.29, 1.82) is 0 Å². The van der Waals surface area contributed by atoms with E-state index in [2.05, 4.69) is 21.0 Å². The van der Waals surface area contributed by atoms with Crippen molar-refractivity contribution in [3.8, 4) is 22.8 Å². The molecule has 2 aromatic carbocycles. The molecule has 0 aliphatic heterocycles. The highest BCUT2D eigenvalue weighted by molar-refractivity contribution is 9.10. The number of carboxylic acid groups (broad SMARTS) is 1. The molecular formula is C18H15BrN2O3. The second-order valence-corrected chi connectivity index (χ2v) is 6.22. The van der Waals surface area contributed by atoms with Crippen LogP contribution < -0.4 is 4.74 Å². The Kier molecular flexibility index (Phi) is 4.66. The van der Waals surface area contributed by atoms with Gasteiger partial charge in [0.2, 0.25) is 5.88 Å². The van der Waals surface area contributed by atoms with E-state index in [1.807, 2.05) is 55.5 Å². The van der Waals surface area contributed by atoms with E-state index < -0.39 is 12.6 Å². The first-order valence-electron chi connectivity index (χ1n) is 7.30. The van der Waals surface area contributed by atoms with Crippen LogP contribution in [0.25, 0.3) is 16.9 Å². The fourth-order valence-electron chi connectivity index (χ4n) is 2.27. The third-order valence-corrected chi connectivity index (χ3v) is 3.98. The van der Waals surface area contributed by atoms with E-state index in [0.717, 1.165) is 27.0 Å². The van der Waals surface area contributed by atoms with E-state index in [1.54, 1.807) is 10.7 Å². The number of hydrogen-bond acceptors (Lipinski definition) is 3. The van der Waals surface area contributed by atoms with Gasteiger partial charge in [0.15, 0.2) is 6.61 Å². The van der Waals surface area contributed by atoms with Gasteiger partial charge in [-0.2, -0.15) is 0 Å². The summed E-state index contributed by atoms with van der Waals surface area (Å²) in [4.78, 5) is 10.7. The van der Waals surface area contributed by atoms with Gasteiger partial charge in [-0.1, -0.05) is 45.8 Å². The van der Waals surface area contributed by atoms with Crippen LogP contribution in [0.4, 0.5) is 0 Å². The van der Waals surface area contributed by atoms with E-state index in [1.165, 1.54) is 0 Å². The van der Waals surface area contributed by atoms with Crippen LogP contribution in [0.1, 0.15) is 5.56 Å². The molecular weight excluding hydrogens is 372 g/mol. The number of halogens is 1. The molecule has 6 heteroatoms. The monoisotopic (exact) mass is 386 g/mol. The minimum atomic E-state index is -1.04. The van der Waals surface area contributed by atoms with Gasteiger partial charge in [0.05, 0.1) is 11.4 Å². The van der Waals surface area contributed by atoms with Gasteiger partial charge >= 0.3 is 5.97 Å². The second-order valence-electron chi connectivity index (χ2n) is 5.30. The maximum Gasteiger partial charge on any atom is 0.341 e. The first kappa shape index (κ1) is 16.3. The summed E-state index contributed by atoms with van der Waals surface area (Å²) in [6.45, 7) is 1.59. The summed E-state index contributed by atoms with van der Waals surface area (Å²) < 4.78 is 7.97. The number of nitrogens with zero attached hydrogens (tertiary/aromatic N) is 2. The number of benzene rings is 2. The van der Waals surface area contributed by atoms with Crippen LogP contribution in [-0.4, -0.2) is 27.5 Å². The Hall–Kier alpha value is -2.60. The Morgan fingerprint density at radius 3 is 2.46 bits per heavy atom. The molecule has 122 valence electrons. The average Bonchev–Trinajstić information content (AvgIpc) is 2.98. The summed E-state index contributed by atoms with van der Waals surface area (Å²) in [5.74, 6) is -0.763. The first-order chi connectivity index (χ1) is 11.5. The number of rotatable bonds is 5. The van der Waals surface area contributed by atoms with Gasteiger partial charge in [0.25, 0.3) is 0 Å². The van der Waals surface area contributed by atoms with Crippen molar-refractivity contribution in [2.45, 2.75) is 6.92 Å². The number of carbonyl (C=O) groups is 1. The summed E-state index contributed by atoms with van der Waals surface area (Å²) >= 11 is 3.42. The van der Waals surface area contributed by atoms with Crippen molar-refractivity contribution in [1.82, 2.24) is 9.78 Å². The quantitative estimate of drug-likeness (QED) is 0.717. The van der Waals surface area contributed by atoms with Crippen LogP contribution in [0.3, 0.4) is 0 Å². The highest BCUT2D eigenvalue weighted by Gasteiger charge is 2.13. The summed E-state index contributed by atoms with van der Waals surface area (Å²) in [5.41, 5.74) is 3.81. The first-order valence-corrected chi connectivity index (χ1v) is 8.10. The van der Waals surface area contributed by atoms with Gasteiger partial charge < -0.3 is 9.84 Å². The number of aryl methyl sites for hydroxylation is 1. The standard InChI is InChI=1S/C18H15BrN2O3/c1-12-2-8-15(9-3-12)21-16(13-4-6-14(19)7-5-13)10-17(20-21)24-11-18(22)23/h2-10H,11H2,1H3,(H,22,23). The number of aliphatic carboxylic acids is 1. The summed E-state index contributed by atoms with van der Waals surface area (Å²) in [7, 11) is 0. The Bertz CT molecular complexity index is 792. The lowest BCUT2D eigenvalue weighted by atomic mass is 10.1. The van der Waals surface area contributed by atoms with Gasteiger partial charge in [-0.25, -0.2) is 9.48 Å². The zero-order chi connectivity index (χ0) is 17.1. The molecule has 0 aliphatic carbocycles. The van der Waals surface area contributed by atoms with Crippen molar-refractivity contribution in [3.63, 3.8) is 0 Å². The molecule has 0 aliphatic rings. The predicted octanol–water partition coefficient (Wildman–Crippen LogP) is 4.07. The van der Waals surface area contributed by atoms with Gasteiger partial charge in [-0.05, 0) is 31.2 Å². The molecule has 5 nitrogen and oxygen atoms in total. The SMILES string of the molecule is Cc1ccc(-n2nc(OCC(=O)O)cc2-c2ccc(Br)cc2)cc1. The zero-order valence-electron chi connectivity index (χ0n) is 12.9. The van der Waals surface area contributed by atoms with Gasteiger partial charge in [-0.15, -0.1) is 5.10 Å². The number of hydrogen-bond donors (Lipinski definition) is 1. The maximum absolute atomic E-state index is 10.7. The largest absolute Gasteiger partial charge is 0.479 e. The van der Waals surface area contributed by atoms with Crippen LogP contribution in [0.5, 0.6) is 5.88 Å². The minimum Gasteiger partial charge on any atom is -0.479 e. The molecule has 1 heterocycles. The molecule has 0 amide bonds. The van der Waals surface area contributed by atoms with Crippen molar-refractivity contribution in [3.05, 3.63) is 64.6 Å². The Morgan fingerprint density at radius 2 is 1.83 bits per heavy atom. The molecule has 3 rings (SSSR count). The van der Waals surface area contributed by atoms with Gasteiger partial charge in [0, 0.05) is 16.1 Å². The van der Waals surface area contributed by atoms with E-state index in [9.17, 15) is 4.79 Å². The topological polar surface area (TPSA) is 64.4 Å². The Labute approximate surface area is 147 Å². The van der Waals surface area contributed by atoms with Gasteiger partial charge in [-0.3, -0.25) is 0 Å². The zero-order valence-corrected chi connectivity index (χ0v) is 14.5. The molecule has 0 unspecified atom stereocenters. The second kappa shape index (κ2) is 6.88. The van der Waals surface area contributed by atoms with E-state index in [0.29, 0.717) is 0 Å². The van der Waals surface area contributed by atoms with Crippen LogP contribution >= 0.6 is 15.9 Å². The third kappa shape index (κ3) is 3.65. The van der Waals surface area contributed by atoms with E-state index in [-0.39, 0.29) is 5.88 Å². The number of aromatic nitrogens is 2. The van der Waals surface area contributed by atoms with Crippen LogP contribution in [0.15, 0.2) is 59.1 Å². The average molecular weight is 387 g/mol. The van der Waals surface area contributed by atoms with E-state index in [4.69, 9.17) is 9.84 Å². The highest BCUT2D eigenvalue weighted by Crippen LogP contribution is 2.28. The fourth-order valence-corrected chi connectivity index (χ4v) is 2.54. The van der Waals surface area contributed by atoms with Gasteiger partial charge in [0.1, 0.15) is 0 Å². The Morgan fingerprint density at radius 1 is 1.17 bits per heavy atom. The summed E-state index contributed by atoms with van der Waals surface area (Å²) in [6.07, 6.45) is 0.